The van der Waals surface area contributed by atoms with Crippen molar-refractivity contribution in [1.29, 1.82) is 0 Å². The Labute approximate surface area is 192 Å². The minimum absolute atomic E-state index is 0.170. The van der Waals surface area contributed by atoms with Crippen molar-refractivity contribution in [2.24, 2.45) is 0 Å². The van der Waals surface area contributed by atoms with Gasteiger partial charge in [0.05, 0.1) is 21.2 Å². The Bertz CT molecular complexity index is 1230. The van der Waals surface area contributed by atoms with E-state index in [4.69, 9.17) is 0 Å². The normalized spacial score (nSPS) is 12.9. The van der Waals surface area contributed by atoms with Crippen LogP contribution in [0.15, 0.2) is 52.5 Å². The Kier molecular flexibility index (Phi) is 7.58. The minimum atomic E-state index is -3.58. The van der Waals surface area contributed by atoms with E-state index in [1.165, 1.54) is 44.1 Å². The average molecular weight is 479 g/mol. The van der Waals surface area contributed by atoms with Gasteiger partial charge in [0, 0.05) is 26.3 Å². The zero-order valence-electron chi connectivity index (χ0n) is 18.5. The van der Waals surface area contributed by atoms with Gasteiger partial charge in [-0.2, -0.15) is 0 Å². The number of amides is 1. The van der Waals surface area contributed by atoms with Gasteiger partial charge in [0.25, 0.3) is 0 Å². The number of hydrogen-bond acceptors (Lipinski definition) is 5. The molecule has 7 nitrogen and oxygen atoms in total. The molecule has 0 aliphatic carbocycles. The second-order valence-electron chi connectivity index (χ2n) is 7.60. The number of aryl methyl sites for hydroxylation is 1. The molecular weight excluding hydrogens is 451 g/mol. The number of benzene rings is 2. The quantitative estimate of drug-likeness (QED) is 0.463. The fraction of sp³-hybridized carbons (Fsp3) is 0.364. The summed E-state index contributed by atoms with van der Waals surface area (Å²) < 4.78 is 41.6. The zero-order valence-corrected chi connectivity index (χ0v) is 20.1. The van der Waals surface area contributed by atoms with Crippen LogP contribution in [0.2, 0.25) is 0 Å². The molecule has 3 aromatic rings. The predicted octanol–water partition coefficient (Wildman–Crippen LogP) is 4.35. The van der Waals surface area contributed by atoms with Crippen LogP contribution in [0.3, 0.4) is 0 Å². The summed E-state index contributed by atoms with van der Waals surface area (Å²) in [6, 6.07) is 10.6. The topological polar surface area (TPSA) is 84.3 Å². The van der Waals surface area contributed by atoms with Crippen LogP contribution in [0.1, 0.15) is 26.7 Å². The molecule has 0 aliphatic heterocycles. The summed E-state index contributed by atoms with van der Waals surface area (Å²) in [5.74, 6) is -0.696. The molecule has 0 saturated heterocycles. The molecule has 0 fully saturated rings. The molecule has 1 amide bonds. The molecular formula is C22H27FN4O3S2. The lowest BCUT2D eigenvalue weighted by Gasteiger charge is -2.14. The second-order valence-corrected chi connectivity index (χ2v) is 11.1. The fourth-order valence-corrected chi connectivity index (χ4v) is 4.98. The van der Waals surface area contributed by atoms with Gasteiger partial charge in [-0.25, -0.2) is 22.1 Å². The molecule has 1 heterocycles. The van der Waals surface area contributed by atoms with E-state index in [9.17, 15) is 17.6 Å². The average Bonchev–Trinajstić information content (AvgIpc) is 3.08. The molecule has 172 valence electrons. The Balaban J connectivity index is 1.90. The molecule has 3 rings (SSSR count). The van der Waals surface area contributed by atoms with Crippen molar-refractivity contribution in [3.05, 3.63) is 48.3 Å². The molecule has 32 heavy (non-hydrogen) atoms. The number of nitrogens with one attached hydrogen (secondary N) is 1. The van der Waals surface area contributed by atoms with E-state index < -0.39 is 21.1 Å². The maximum absolute atomic E-state index is 13.4. The third-order valence-electron chi connectivity index (χ3n) is 4.94. The van der Waals surface area contributed by atoms with Gasteiger partial charge in [0.15, 0.2) is 5.16 Å². The summed E-state index contributed by atoms with van der Waals surface area (Å²) in [6.07, 6.45) is 1.90. The first kappa shape index (κ1) is 24.2. The molecule has 2 aromatic carbocycles. The van der Waals surface area contributed by atoms with Gasteiger partial charge in [-0.3, -0.25) is 4.79 Å². The first-order valence-corrected chi connectivity index (χ1v) is 12.6. The van der Waals surface area contributed by atoms with E-state index in [0.29, 0.717) is 22.9 Å². The van der Waals surface area contributed by atoms with Gasteiger partial charge in [0.2, 0.25) is 15.9 Å². The van der Waals surface area contributed by atoms with Gasteiger partial charge in [0.1, 0.15) is 5.82 Å². The van der Waals surface area contributed by atoms with Crippen molar-refractivity contribution < 1.29 is 17.6 Å². The number of fused-ring (bicyclic) bond motifs is 1. The van der Waals surface area contributed by atoms with Crippen molar-refractivity contribution in [3.63, 3.8) is 0 Å². The second kappa shape index (κ2) is 10.0. The van der Waals surface area contributed by atoms with E-state index >= 15 is 0 Å². The molecule has 0 saturated carbocycles. The monoisotopic (exact) mass is 478 g/mol. The molecule has 0 aliphatic rings. The smallest absolute Gasteiger partial charge is 0.242 e. The van der Waals surface area contributed by atoms with Crippen LogP contribution in [-0.2, 0) is 21.4 Å². The Hall–Kier alpha value is -2.43. The van der Waals surface area contributed by atoms with E-state index in [1.807, 2.05) is 4.57 Å². The van der Waals surface area contributed by atoms with Crippen molar-refractivity contribution in [1.82, 2.24) is 13.9 Å². The highest BCUT2D eigenvalue weighted by atomic mass is 32.2. The van der Waals surface area contributed by atoms with Crippen LogP contribution >= 0.6 is 11.8 Å². The highest BCUT2D eigenvalue weighted by molar-refractivity contribution is 8.00. The lowest BCUT2D eigenvalue weighted by Crippen LogP contribution is -2.23. The predicted molar refractivity (Wildman–Crippen MR) is 126 cm³/mol. The van der Waals surface area contributed by atoms with E-state index in [1.54, 1.807) is 31.2 Å². The molecule has 0 radical (unpaired) electrons. The Morgan fingerprint density at radius 3 is 2.66 bits per heavy atom. The van der Waals surface area contributed by atoms with Crippen LogP contribution in [0.25, 0.3) is 11.0 Å². The first-order valence-electron chi connectivity index (χ1n) is 10.3. The third-order valence-corrected chi connectivity index (χ3v) is 7.84. The summed E-state index contributed by atoms with van der Waals surface area (Å²) in [7, 11) is -0.610. The molecule has 1 atom stereocenters. The van der Waals surface area contributed by atoms with E-state index in [2.05, 4.69) is 17.2 Å². The van der Waals surface area contributed by atoms with E-state index in [0.717, 1.165) is 22.7 Å². The van der Waals surface area contributed by atoms with Crippen LogP contribution < -0.4 is 5.32 Å². The van der Waals surface area contributed by atoms with Gasteiger partial charge < -0.3 is 9.88 Å². The maximum Gasteiger partial charge on any atom is 0.242 e. The summed E-state index contributed by atoms with van der Waals surface area (Å²) in [5.41, 5.74) is 1.76. The molecule has 0 spiro atoms. The molecule has 1 aromatic heterocycles. The number of aromatic nitrogens is 2. The van der Waals surface area contributed by atoms with Crippen LogP contribution in [0.4, 0.5) is 10.1 Å². The maximum atomic E-state index is 13.4. The van der Waals surface area contributed by atoms with Gasteiger partial charge in [-0.15, -0.1) is 0 Å². The van der Waals surface area contributed by atoms with Gasteiger partial charge in [-0.05, 0) is 49.7 Å². The number of imidazole rings is 1. The number of carbonyl (C=O) groups is 1. The zero-order chi connectivity index (χ0) is 23.5. The number of halogens is 1. The number of unbranched alkanes of at least 4 members (excludes halogenated alkanes) is 1. The summed E-state index contributed by atoms with van der Waals surface area (Å²) in [6.45, 7) is 4.54. The Morgan fingerprint density at radius 1 is 1.25 bits per heavy atom. The van der Waals surface area contributed by atoms with Crippen molar-refractivity contribution >= 4 is 44.4 Å². The highest BCUT2D eigenvalue weighted by Gasteiger charge is 2.22. The summed E-state index contributed by atoms with van der Waals surface area (Å²) >= 11 is 1.28. The lowest BCUT2D eigenvalue weighted by atomic mass is 10.3. The summed E-state index contributed by atoms with van der Waals surface area (Å²) in [5, 5.41) is 2.85. The molecule has 10 heteroatoms. The molecule has 1 unspecified atom stereocenters. The van der Waals surface area contributed by atoms with Crippen LogP contribution in [-0.4, -0.2) is 47.5 Å². The fourth-order valence-electron chi connectivity index (χ4n) is 3.10. The molecule has 1 N–H and O–H groups in total. The van der Waals surface area contributed by atoms with Crippen molar-refractivity contribution in [2.45, 2.75) is 48.5 Å². The molecule has 0 bridgehead atoms. The van der Waals surface area contributed by atoms with Crippen molar-refractivity contribution in [3.8, 4) is 0 Å². The highest BCUT2D eigenvalue weighted by Crippen LogP contribution is 2.30. The van der Waals surface area contributed by atoms with Crippen LogP contribution in [0.5, 0.6) is 0 Å². The van der Waals surface area contributed by atoms with Crippen molar-refractivity contribution in [2.75, 3.05) is 19.4 Å². The minimum Gasteiger partial charge on any atom is -0.325 e. The number of sulfonamides is 1. The number of hydrogen-bond donors (Lipinski definition) is 1. The third kappa shape index (κ3) is 5.31. The number of anilines is 1. The number of rotatable bonds is 9. The SMILES string of the molecule is CCCCn1c(SC(C)C(=O)Nc2cccc(F)c2)nc2cc(S(=O)(=O)N(C)C)ccc21. The largest absolute Gasteiger partial charge is 0.325 e. The standard InChI is InChI=1S/C22H27FN4O3S2/c1-5-6-12-27-20-11-10-18(32(29,30)26(3)4)14-19(20)25-22(27)31-15(2)21(28)24-17-9-7-8-16(23)13-17/h7-11,13-15H,5-6,12H2,1-4H3,(H,24,28). The summed E-state index contributed by atoms with van der Waals surface area (Å²) in [4.78, 5) is 17.5. The number of carbonyl (C=O) groups excluding carboxylic acids is 1. The number of thioether (sulfide) groups is 1. The Morgan fingerprint density at radius 2 is 2.00 bits per heavy atom. The van der Waals surface area contributed by atoms with Gasteiger partial charge >= 0.3 is 0 Å². The number of nitrogens with zero attached hydrogens (tertiary/aromatic N) is 3. The first-order chi connectivity index (χ1) is 15.1. The van der Waals surface area contributed by atoms with Gasteiger partial charge in [-0.1, -0.05) is 31.2 Å². The van der Waals surface area contributed by atoms with Crippen LogP contribution in [0, 0.1) is 5.82 Å². The van der Waals surface area contributed by atoms with E-state index in [-0.39, 0.29) is 10.8 Å². The lowest BCUT2D eigenvalue weighted by molar-refractivity contribution is -0.115.